The van der Waals surface area contributed by atoms with Crippen LogP contribution in [0, 0.1) is 5.82 Å². The Morgan fingerprint density at radius 2 is 1.92 bits per heavy atom. The van der Waals surface area contributed by atoms with E-state index in [0.29, 0.717) is 11.3 Å². The molecule has 0 radical (unpaired) electrons. The van der Waals surface area contributed by atoms with Gasteiger partial charge >= 0.3 is 0 Å². The fourth-order valence-electron chi connectivity index (χ4n) is 2.60. The zero-order valence-electron chi connectivity index (χ0n) is 14.1. The molecule has 2 aromatic carbocycles. The maximum absolute atomic E-state index is 13.3. The SMILES string of the molecule is CSc1ccccc1NC(=O)c1cccn(Cc2cccc(F)c2)c1=O. The van der Waals surface area contributed by atoms with Gasteiger partial charge < -0.3 is 9.88 Å². The Morgan fingerprint density at radius 3 is 2.69 bits per heavy atom. The van der Waals surface area contributed by atoms with Crippen molar-refractivity contribution in [2.24, 2.45) is 0 Å². The van der Waals surface area contributed by atoms with Crippen molar-refractivity contribution in [1.82, 2.24) is 4.57 Å². The number of hydrogen-bond acceptors (Lipinski definition) is 3. The molecule has 1 aromatic heterocycles. The van der Waals surface area contributed by atoms with Crippen molar-refractivity contribution in [2.75, 3.05) is 11.6 Å². The summed E-state index contributed by atoms with van der Waals surface area (Å²) in [6.07, 6.45) is 3.50. The van der Waals surface area contributed by atoms with Crippen LogP contribution < -0.4 is 10.9 Å². The molecule has 3 rings (SSSR count). The van der Waals surface area contributed by atoms with Gasteiger partial charge in [0, 0.05) is 11.1 Å². The Labute approximate surface area is 154 Å². The molecule has 0 atom stereocenters. The highest BCUT2D eigenvalue weighted by atomic mass is 32.2. The standard InChI is InChI=1S/C20H17FN2O2S/c1-26-18-10-3-2-9-17(18)22-19(24)16-8-5-11-23(20(16)25)13-14-6-4-7-15(21)12-14/h2-12H,13H2,1H3,(H,22,24). The van der Waals surface area contributed by atoms with Gasteiger partial charge in [0.05, 0.1) is 12.2 Å². The minimum absolute atomic E-state index is 0.0415. The molecule has 0 fully saturated rings. The predicted octanol–water partition coefficient (Wildman–Crippen LogP) is 4.01. The number of aromatic nitrogens is 1. The number of amides is 1. The molecule has 132 valence electrons. The van der Waals surface area contributed by atoms with Crippen molar-refractivity contribution in [2.45, 2.75) is 11.4 Å². The fraction of sp³-hybridized carbons (Fsp3) is 0.100. The lowest BCUT2D eigenvalue weighted by Crippen LogP contribution is -2.29. The van der Waals surface area contributed by atoms with Gasteiger partial charge in [-0.1, -0.05) is 24.3 Å². The quantitative estimate of drug-likeness (QED) is 0.693. The van der Waals surface area contributed by atoms with Crippen LogP contribution in [-0.2, 0) is 6.54 Å². The molecule has 26 heavy (non-hydrogen) atoms. The molecule has 4 nitrogen and oxygen atoms in total. The number of carbonyl (C=O) groups excluding carboxylic acids is 1. The second kappa shape index (κ2) is 8.01. The maximum atomic E-state index is 13.3. The van der Waals surface area contributed by atoms with Crippen molar-refractivity contribution in [3.05, 3.63) is 94.2 Å². The molecule has 0 saturated carbocycles. The molecule has 0 aliphatic heterocycles. The Balaban J connectivity index is 1.87. The molecule has 0 bridgehead atoms. The van der Waals surface area contributed by atoms with Crippen LogP contribution >= 0.6 is 11.8 Å². The van der Waals surface area contributed by atoms with Crippen LogP contribution in [0.25, 0.3) is 0 Å². The van der Waals surface area contributed by atoms with Crippen molar-refractivity contribution in [3.8, 4) is 0 Å². The van der Waals surface area contributed by atoms with Gasteiger partial charge in [0.25, 0.3) is 11.5 Å². The summed E-state index contributed by atoms with van der Waals surface area (Å²) in [5, 5.41) is 2.79. The molecule has 0 spiro atoms. The molecule has 1 amide bonds. The van der Waals surface area contributed by atoms with Gasteiger partial charge in [-0.25, -0.2) is 4.39 Å². The average Bonchev–Trinajstić information content (AvgIpc) is 2.64. The summed E-state index contributed by atoms with van der Waals surface area (Å²) >= 11 is 1.51. The Morgan fingerprint density at radius 1 is 1.12 bits per heavy atom. The van der Waals surface area contributed by atoms with Crippen LogP contribution in [0.4, 0.5) is 10.1 Å². The molecule has 0 saturated heterocycles. The van der Waals surface area contributed by atoms with Crippen molar-refractivity contribution < 1.29 is 9.18 Å². The van der Waals surface area contributed by atoms with Gasteiger partial charge in [0.15, 0.2) is 0 Å². The van der Waals surface area contributed by atoms with Gasteiger partial charge in [-0.2, -0.15) is 0 Å². The number of hydrogen-bond donors (Lipinski definition) is 1. The summed E-state index contributed by atoms with van der Waals surface area (Å²) in [5.41, 5.74) is 0.929. The van der Waals surface area contributed by atoms with Crippen molar-refractivity contribution in [1.29, 1.82) is 0 Å². The first-order valence-corrected chi connectivity index (χ1v) is 9.19. The number of benzene rings is 2. The summed E-state index contributed by atoms with van der Waals surface area (Å²) in [7, 11) is 0. The van der Waals surface area contributed by atoms with E-state index in [1.54, 1.807) is 30.5 Å². The summed E-state index contributed by atoms with van der Waals surface area (Å²) in [5.74, 6) is -0.830. The van der Waals surface area contributed by atoms with Crippen LogP contribution in [0.5, 0.6) is 0 Å². The van der Waals surface area contributed by atoms with Gasteiger partial charge in [-0.3, -0.25) is 9.59 Å². The van der Waals surface area contributed by atoms with Crippen molar-refractivity contribution in [3.63, 3.8) is 0 Å². The number of thioether (sulfide) groups is 1. The second-order valence-electron chi connectivity index (χ2n) is 5.64. The summed E-state index contributed by atoms with van der Waals surface area (Å²) < 4.78 is 14.7. The minimum atomic E-state index is -0.468. The molecule has 3 aromatic rings. The summed E-state index contributed by atoms with van der Waals surface area (Å²) in [6, 6.07) is 16.6. The largest absolute Gasteiger partial charge is 0.321 e. The van der Waals surface area contributed by atoms with Crippen LogP contribution in [-0.4, -0.2) is 16.7 Å². The highest BCUT2D eigenvalue weighted by Crippen LogP contribution is 2.24. The number of para-hydroxylation sites is 1. The molecule has 1 heterocycles. The number of pyridine rings is 1. The smallest absolute Gasteiger partial charge is 0.263 e. The van der Waals surface area contributed by atoms with Crippen LogP contribution in [0.2, 0.25) is 0 Å². The third-order valence-corrected chi connectivity index (χ3v) is 4.66. The lowest BCUT2D eigenvalue weighted by Gasteiger charge is -2.11. The molecular weight excluding hydrogens is 351 g/mol. The molecular formula is C20H17FN2O2S. The minimum Gasteiger partial charge on any atom is -0.321 e. The van der Waals surface area contributed by atoms with Crippen molar-refractivity contribution >= 4 is 23.4 Å². The van der Waals surface area contributed by atoms with E-state index in [0.717, 1.165) is 4.90 Å². The monoisotopic (exact) mass is 368 g/mol. The molecule has 0 unspecified atom stereocenters. The average molecular weight is 368 g/mol. The first kappa shape index (κ1) is 17.9. The van der Waals surface area contributed by atoms with Gasteiger partial charge in [-0.15, -0.1) is 11.8 Å². The number of halogens is 1. The lowest BCUT2D eigenvalue weighted by molar-refractivity contribution is 0.102. The predicted molar refractivity (Wildman–Crippen MR) is 102 cm³/mol. The highest BCUT2D eigenvalue weighted by molar-refractivity contribution is 7.98. The lowest BCUT2D eigenvalue weighted by atomic mass is 10.2. The van der Waals surface area contributed by atoms with Gasteiger partial charge in [0.2, 0.25) is 0 Å². The number of anilines is 1. The number of nitrogens with zero attached hydrogens (tertiary/aromatic N) is 1. The van der Waals surface area contributed by atoms with E-state index in [9.17, 15) is 14.0 Å². The Bertz CT molecular complexity index is 1000. The van der Waals surface area contributed by atoms with E-state index in [1.807, 2.05) is 24.5 Å². The van der Waals surface area contributed by atoms with Crippen LogP contribution in [0.3, 0.4) is 0 Å². The van der Waals surface area contributed by atoms with Gasteiger partial charge in [0.1, 0.15) is 11.4 Å². The normalized spacial score (nSPS) is 10.5. The van der Waals surface area contributed by atoms with E-state index in [1.165, 1.54) is 34.5 Å². The van der Waals surface area contributed by atoms with Crippen LogP contribution in [0.15, 0.2) is 76.6 Å². The van der Waals surface area contributed by atoms with E-state index in [-0.39, 0.29) is 17.9 Å². The third-order valence-electron chi connectivity index (χ3n) is 3.86. The molecule has 1 N–H and O–H groups in total. The van der Waals surface area contributed by atoms with E-state index in [4.69, 9.17) is 0 Å². The Hall–Kier alpha value is -2.86. The van der Waals surface area contributed by atoms with E-state index in [2.05, 4.69) is 5.32 Å². The highest BCUT2D eigenvalue weighted by Gasteiger charge is 2.14. The molecule has 0 aliphatic carbocycles. The number of carbonyl (C=O) groups is 1. The zero-order chi connectivity index (χ0) is 18.5. The molecule has 0 aliphatic rings. The van der Waals surface area contributed by atoms with E-state index < -0.39 is 11.5 Å². The Kier molecular flexibility index (Phi) is 5.53. The number of rotatable bonds is 5. The van der Waals surface area contributed by atoms with Gasteiger partial charge in [-0.05, 0) is 48.2 Å². The van der Waals surface area contributed by atoms with E-state index >= 15 is 0 Å². The zero-order valence-corrected chi connectivity index (χ0v) is 14.9. The molecule has 6 heteroatoms. The number of nitrogens with one attached hydrogen (secondary N) is 1. The first-order valence-electron chi connectivity index (χ1n) is 7.97. The second-order valence-corrected chi connectivity index (χ2v) is 6.49. The fourth-order valence-corrected chi connectivity index (χ4v) is 3.16. The summed E-state index contributed by atoms with van der Waals surface area (Å²) in [4.78, 5) is 26.1. The first-order chi connectivity index (χ1) is 12.6. The topological polar surface area (TPSA) is 51.1 Å². The maximum Gasteiger partial charge on any atom is 0.263 e. The van der Waals surface area contributed by atoms with Crippen LogP contribution in [0.1, 0.15) is 15.9 Å². The summed E-state index contributed by atoms with van der Waals surface area (Å²) in [6.45, 7) is 0.194. The third kappa shape index (κ3) is 4.03.